The van der Waals surface area contributed by atoms with Crippen molar-refractivity contribution in [3.8, 4) is 0 Å². The molecule has 0 saturated heterocycles. The van der Waals surface area contributed by atoms with Crippen molar-refractivity contribution in [2.45, 2.75) is 32.1 Å². The van der Waals surface area contributed by atoms with Gasteiger partial charge in [0.2, 0.25) is 0 Å². The zero-order valence-corrected chi connectivity index (χ0v) is 11.8. The van der Waals surface area contributed by atoms with Gasteiger partial charge >= 0.3 is 0 Å². The van der Waals surface area contributed by atoms with Crippen molar-refractivity contribution in [1.29, 1.82) is 0 Å². The predicted octanol–water partition coefficient (Wildman–Crippen LogP) is 3.16. The molecule has 0 spiro atoms. The number of ether oxygens (including phenoxy) is 1. The maximum atomic E-state index is 13.3. The average Bonchev–Trinajstić information content (AvgIpc) is 2.84. The molecular formula is C16H24FNO. The number of hydrogen-bond acceptors (Lipinski definition) is 2. The molecule has 106 valence electrons. The summed E-state index contributed by atoms with van der Waals surface area (Å²) in [5.74, 6) is -0.127. The molecule has 1 fully saturated rings. The first kappa shape index (κ1) is 14.5. The summed E-state index contributed by atoms with van der Waals surface area (Å²) < 4.78 is 18.3. The Morgan fingerprint density at radius 3 is 2.79 bits per heavy atom. The summed E-state index contributed by atoms with van der Waals surface area (Å²) in [6, 6.07) is 7.04. The van der Waals surface area contributed by atoms with Crippen LogP contribution in [0.1, 0.15) is 31.2 Å². The lowest BCUT2D eigenvalue weighted by Gasteiger charge is -2.29. The average molecular weight is 265 g/mol. The standard InChI is InChI=1S/C16H24FNO/c1-19-10-9-18-13-16(7-2-3-8-16)12-14-5-4-6-15(17)11-14/h4-6,11,18H,2-3,7-10,12-13H2,1H3. The molecule has 1 aliphatic rings. The van der Waals surface area contributed by atoms with Crippen LogP contribution >= 0.6 is 0 Å². The molecule has 0 aromatic heterocycles. The highest BCUT2D eigenvalue weighted by atomic mass is 19.1. The molecule has 0 atom stereocenters. The Morgan fingerprint density at radius 2 is 2.11 bits per heavy atom. The van der Waals surface area contributed by atoms with Crippen LogP contribution in [-0.4, -0.2) is 26.8 Å². The lowest BCUT2D eigenvalue weighted by molar-refractivity contribution is 0.189. The minimum atomic E-state index is -0.127. The molecule has 2 rings (SSSR count). The molecule has 0 aliphatic heterocycles. The van der Waals surface area contributed by atoms with Crippen molar-refractivity contribution in [1.82, 2.24) is 5.32 Å². The molecule has 1 aromatic carbocycles. The molecule has 0 amide bonds. The van der Waals surface area contributed by atoms with Gasteiger partial charge in [0.1, 0.15) is 5.82 Å². The third kappa shape index (κ3) is 4.29. The van der Waals surface area contributed by atoms with Crippen LogP contribution < -0.4 is 5.32 Å². The number of benzene rings is 1. The second-order valence-corrected chi connectivity index (χ2v) is 5.68. The SMILES string of the molecule is COCCNCC1(Cc2cccc(F)c2)CCCC1. The molecule has 19 heavy (non-hydrogen) atoms. The molecule has 3 heteroatoms. The highest BCUT2D eigenvalue weighted by molar-refractivity contribution is 5.18. The van der Waals surface area contributed by atoms with E-state index in [9.17, 15) is 4.39 Å². The minimum absolute atomic E-state index is 0.127. The van der Waals surface area contributed by atoms with Gasteiger partial charge in [-0.25, -0.2) is 4.39 Å². The van der Waals surface area contributed by atoms with Crippen LogP contribution in [0.3, 0.4) is 0 Å². The summed E-state index contributed by atoms with van der Waals surface area (Å²) in [4.78, 5) is 0. The van der Waals surface area contributed by atoms with E-state index in [0.717, 1.165) is 31.7 Å². The van der Waals surface area contributed by atoms with Gasteiger partial charge in [-0.15, -0.1) is 0 Å². The number of hydrogen-bond donors (Lipinski definition) is 1. The van der Waals surface area contributed by atoms with Crippen molar-refractivity contribution in [3.63, 3.8) is 0 Å². The van der Waals surface area contributed by atoms with Crippen molar-refractivity contribution in [3.05, 3.63) is 35.6 Å². The lowest BCUT2D eigenvalue weighted by Crippen LogP contribution is -2.35. The lowest BCUT2D eigenvalue weighted by atomic mass is 9.80. The third-order valence-electron chi connectivity index (χ3n) is 4.12. The number of halogens is 1. The van der Waals surface area contributed by atoms with E-state index in [2.05, 4.69) is 5.32 Å². The number of rotatable bonds is 7. The summed E-state index contributed by atoms with van der Waals surface area (Å²) in [6.07, 6.45) is 6.04. The zero-order chi connectivity index (χ0) is 13.6. The van der Waals surface area contributed by atoms with E-state index in [1.54, 1.807) is 13.2 Å². The van der Waals surface area contributed by atoms with Crippen LogP contribution in [0.25, 0.3) is 0 Å². The summed E-state index contributed by atoms with van der Waals surface area (Å²) in [5.41, 5.74) is 1.43. The zero-order valence-electron chi connectivity index (χ0n) is 11.8. The Hall–Kier alpha value is -0.930. The van der Waals surface area contributed by atoms with Crippen molar-refractivity contribution in [2.24, 2.45) is 5.41 Å². The van der Waals surface area contributed by atoms with Crippen LogP contribution in [0.4, 0.5) is 4.39 Å². The second kappa shape index (κ2) is 7.01. The van der Waals surface area contributed by atoms with E-state index in [0.29, 0.717) is 5.41 Å². The van der Waals surface area contributed by atoms with Crippen LogP contribution in [0, 0.1) is 11.2 Å². The Morgan fingerprint density at radius 1 is 1.32 bits per heavy atom. The van der Waals surface area contributed by atoms with Crippen molar-refractivity contribution >= 4 is 0 Å². The molecule has 1 N–H and O–H groups in total. The van der Waals surface area contributed by atoms with Gasteiger partial charge in [-0.05, 0) is 42.4 Å². The Labute approximate surface area is 115 Å². The highest BCUT2D eigenvalue weighted by Crippen LogP contribution is 2.40. The van der Waals surface area contributed by atoms with Crippen LogP contribution in [0.15, 0.2) is 24.3 Å². The van der Waals surface area contributed by atoms with Gasteiger partial charge in [0, 0.05) is 20.2 Å². The van der Waals surface area contributed by atoms with E-state index in [1.165, 1.54) is 31.7 Å². The van der Waals surface area contributed by atoms with E-state index < -0.39 is 0 Å². The van der Waals surface area contributed by atoms with Crippen molar-refractivity contribution < 1.29 is 9.13 Å². The largest absolute Gasteiger partial charge is 0.383 e. The van der Waals surface area contributed by atoms with E-state index >= 15 is 0 Å². The third-order valence-corrected chi connectivity index (χ3v) is 4.12. The van der Waals surface area contributed by atoms with E-state index in [4.69, 9.17) is 4.74 Å². The molecule has 0 radical (unpaired) electrons. The van der Waals surface area contributed by atoms with E-state index in [1.807, 2.05) is 12.1 Å². The molecule has 2 nitrogen and oxygen atoms in total. The maximum Gasteiger partial charge on any atom is 0.123 e. The number of nitrogens with one attached hydrogen (secondary N) is 1. The Balaban J connectivity index is 1.95. The molecular weight excluding hydrogens is 241 g/mol. The van der Waals surface area contributed by atoms with Gasteiger partial charge in [-0.1, -0.05) is 25.0 Å². The predicted molar refractivity (Wildman–Crippen MR) is 75.8 cm³/mol. The van der Waals surface area contributed by atoms with Crippen LogP contribution in [0.5, 0.6) is 0 Å². The van der Waals surface area contributed by atoms with Gasteiger partial charge in [0.15, 0.2) is 0 Å². The highest BCUT2D eigenvalue weighted by Gasteiger charge is 2.33. The smallest absolute Gasteiger partial charge is 0.123 e. The molecule has 1 aromatic rings. The van der Waals surface area contributed by atoms with Gasteiger partial charge < -0.3 is 10.1 Å². The minimum Gasteiger partial charge on any atom is -0.383 e. The quantitative estimate of drug-likeness (QED) is 0.765. The molecule has 0 bridgehead atoms. The summed E-state index contributed by atoms with van der Waals surface area (Å²) in [7, 11) is 1.72. The van der Waals surface area contributed by atoms with Gasteiger partial charge in [-0.2, -0.15) is 0 Å². The Kier molecular flexibility index (Phi) is 5.34. The van der Waals surface area contributed by atoms with Gasteiger partial charge in [-0.3, -0.25) is 0 Å². The normalized spacial score (nSPS) is 17.8. The first-order valence-corrected chi connectivity index (χ1v) is 7.18. The van der Waals surface area contributed by atoms with E-state index in [-0.39, 0.29) is 5.82 Å². The van der Waals surface area contributed by atoms with Gasteiger partial charge in [0.05, 0.1) is 6.61 Å². The fourth-order valence-corrected chi connectivity index (χ4v) is 3.15. The maximum absolute atomic E-state index is 13.3. The molecule has 1 aliphatic carbocycles. The van der Waals surface area contributed by atoms with Crippen molar-refractivity contribution in [2.75, 3.05) is 26.8 Å². The van der Waals surface area contributed by atoms with Crippen LogP contribution in [0.2, 0.25) is 0 Å². The first-order valence-electron chi connectivity index (χ1n) is 7.18. The topological polar surface area (TPSA) is 21.3 Å². The van der Waals surface area contributed by atoms with Gasteiger partial charge in [0.25, 0.3) is 0 Å². The molecule has 0 unspecified atom stereocenters. The first-order chi connectivity index (χ1) is 9.24. The summed E-state index contributed by atoms with van der Waals surface area (Å²) in [5, 5.41) is 3.49. The molecule has 0 heterocycles. The number of methoxy groups -OCH3 is 1. The Bertz CT molecular complexity index is 388. The monoisotopic (exact) mass is 265 g/mol. The van der Waals surface area contributed by atoms with Crippen LogP contribution in [-0.2, 0) is 11.2 Å². The summed E-state index contributed by atoms with van der Waals surface area (Å²) >= 11 is 0. The fourth-order valence-electron chi connectivity index (χ4n) is 3.15. The fraction of sp³-hybridized carbons (Fsp3) is 0.625. The molecule has 1 saturated carbocycles. The second-order valence-electron chi connectivity index (χ2n) is 5.68. The summed E-state index contributed by atoms with van der Waals surface area (Å²) in [6.45, 7) is 2.64.